The molecular formula is C19H32O3. The molecule has 0 bridgehead atoms. The maximum atomic E-state index is 11.1. The number of hydrogen-bond acceptors (Lipinski definition) is 3. The smallest absolute Gasteiger partial charge is 0.284 e. The van der Waals surface area contributed by atoms with Gasteiger partial charge in [-0.3, -0.25) is 4.79 Å². The van der Waals surface area contributed by atoms with Crippen LogP contribution in [0.25, 0.3) is 0 Å². The third-order valence-electron chi connectivity index (χ3n) is 3.92. The molecule has 3 heteroatoms. The van der Waals surface area contributed by atoms with Crippen LogP contribution in [-0.2, 0) is 0 Å². The van der Waals surface area contributed by atoms with Crippen LogP contribution in [0.15, 0.2) is 16.5 Å². The molecule has 1 aromatic rings. The van der Waals surface area contributed by atoms with Crippen molar-refractivity contribution in [2.75, 3.05) is 6.61 Å². The highest BCUT2D eigenvalue weighted by Crippen LogP contribution is 2.17. The highest BCUT2D eigenvalue weighted by Gasteiger charge is 2.06. The van der Waals surface area contributed by atoms with Crippen LogP contribution in [0.3, 0.4) is 0 Å². The van der Waals surface area contributed by atoms with Gasteiger partial charge in [0.15, 0.2) is 11.5 Å². The third kappa shape index (κ3) is 8.91. The van der Waals surface area contributed by atoms with Crippen LogP contribution in [0.1, 0.15) is 95.0 Å². The van der Waals surface area contributed by atoms with Gasteiger partial charge in [0.25, 0.3) is 5.95 Å². The quantitative estimate of drug-likeness (QED) is 0.304. The highest BCUT2D eigenvalue weighted by molar-refractivity contribution is 5.91. The van der Waals surface area contributed by atoms with E-state index < -0.39 is 0 Å². The van der Waals surface area contributed by atoms with Crippen molar-refractivity contribution in [3.05, 3.63) is 17.9 Å². The van der Waals surface area contributed by atoms with Crippen molar-refractivity contribution in [1.29, 1.82) is 0 Å². The molecule has 0 saturated heterocycles. The van der Waals surface area contributed by atoms with Gasteiger partial charge in [-0.2, -0.15) is 0 Å². The van der Waals surface area contributed by atoms with Crippen LogP contribution in [0.5, 0.6) is 5.95 Å². The van der Waals surface area contributed by atoms with E-state index in [9.17, 15) is 4.79 Å². The summed E-state index contributed by atoms with van der Waals surface area (Å²) in [5.41, 5.74) is 0. The molecule has 1 rings (SSSR count). The first kappa shape index (κ1) is 18.8. The molecule has 126 valence electrons. The molecule has 1 heterocycles. The number of furan rings is 1. The summed E-state index contributed by atoms with van der Waals surface area (Å²) < 4.78 is 10.8. The van der Waals surface area contributed by atoms with E-state index in [2.05, 4.69) is 6.92 Å². The predicted molar refractivity (Wildman–Crippen MR) is 90.7 cm³/mol. The lowest BCUT2D eigenvalue weighted by atomic mass is 10.1. The Morgan fingerprint density at radius 2 is 1.45 bits per heavy atom. The van der Waals surface area contributed by atoms with Crippen LogP contribution in [0.2, 0.25) is 0 Å². The first-order valence-electron chi connectivity index (χ1n) is 8.97. The zero-order valence-corrected chi connectivity index (χ0v) is 14.4. The molecular weight excluding hydrogens is 276 g/mol. The lowest BCUT2D eigenvalue weighted by Crippen LogP contribution is -1.96. The van der Waals surface area contributed by atoms with E-state index in [1.165, 1.54) is 71.1 Å². The lowest BCUT2D eigenvalue weighted by molar-refractivity contribution is 0.0978. The number of unbranched alkanes of at least 4 members (excludes halogenated alkanes) is 10. The molecule has 0 N–H and O–H groups in total. The Hall–Kier alpha value is -1.25. The molecule has 0 unspecified atom stereocenters. The Morgan fingerprint density at radius 1 is 0.909 bits per heavy atom. The van der Waals surface area contributed by atoms with Gasteiger partial charge in [0.05, 0.1) is 6.61 Å². The number of carbonyl (C=O) groups is 1. The van der Waals surface area contributed by atoms with Crippen LogP contribution in [0.4, 0.5) is 0 Å². The first-order valence-corrected chi connectivity index (χ1v) is 8.97. The Labute approximate surface area is 135 Å². The van der Waals surface area contributed by atoms with Gasteiger partial charge in [0.1, 0.15) is 0 Å². The minimum absolute atomic E-state index is 0.0652. The minimum Gasteiger partial charge on any atom is -0.465 e. The Kier molecular flexibility index (Phi) is 10.5. The number of Topliss-reactive ketones (excluding diaryl/α,β-unsaturated/α-hetero) is 1. The maximum Gasteiger partial charge on any atom is 0.284 e. The molecule has 0 amide bonds. The average Bonchev–Trinajstić information content (AvgIpc) is 2.97. The minimum atomic E-state index is -0.0652. The zero-order chi connectivity index (χ0) is 16.0. The topological polar surface area (TPSA) is 39.4 Å². The van der Waals surface area contributed by atoms with Crippen molar-refractivity contribution in [3.63, 3.8) is 0 Å². The lowest BCUT2D eigenvalue weighted by Gasteiger charge is -2.03. The van der Waals surface area contributed by atoms with Crippen LogP contribution in [0, 0.1) is 0 Å². The average molecular weight is 308 g/mol. The molecule has 0 aromatic carbocycles. The van der Waals surface area contributed by atoms with E-state index in [-0.39, 0.29) is 5.78 Å². The van der Waals surface area contributed by atoms with Gasteiger partial charge >= 0.3 is 0 Å². The second-order valence-corrected chi connectivity index (χ2v) is 6.06. The summed E-state index contributed by atoms with van der Waals surface area (Å²) in [5, 5.41) is 0. The molecule has 0 aliphatic carbocycles. The van der Waals surface area contributed by atoms with Crippen molar-refractivity contribution < 1.29 is 13.9 Å². The molecule has 0 aliphatic heterocycles. The monoisotopic (exact) mass is 308 g/mol. The van der Waals surface area contributed by atoms with E-state index >= 15 is 0 Å². The first-order chi connectivity index (χ1) is 10.7. The van der Waals surface area contributed by atoms with E-state index in [4.69, 9.17) is 9.15 Å². The number of ether oxygens (including phenoxy) is 1. The maximum absolute atomic E-state index is 11.1. The van der Waals surface area contributed by atoms with Gasteiger partial charge < -0.3 is 9.15 Å². The number of hydrogen-bond donors (Lipinski definition) is 0. The van der Waals surface area contributed by atoms with Crippen LogP contribution in [-0.4, -0.2) is 12.4 Å². The fraction of sp³-hybridized carbons (Fsp3) is 0.737. The van der Waals surface area contributed by atoms with E-state index in [1.807, 2.05) is 0 Å². The predicted octanol–water partition coefficient (Wildman–Crippen LogP) is 6.17. The second-order valence-electron chi connectivity index (χ2n) is 6.06. The van der Waals surface area contributed by atoms with Crippen LogP contribution < -0.4 is 4.74 Å². The summed E-state index contributed by atoms with van der Waals surface area (Å²) in [6.07, 6.45) is 14.6. The molecule has 22 heavy (non-hydrogen) atoms. The van der Waals surface area contributed by atoms with Crippen LogP contribution >= 0.6 is 0 Å². The Morgan fingerprint density at radius 3 is 1.95 bits per heavy atom. The standard InChI is InChI=1S/C19H32O3/c1-3-4-5-6-7-8-9-10-11-12-13-16-21-19-15-14-18(22-19)17(2)20/h14-15H,3-13,16H2,1-2H3. The van der Waals surface area contributed by atoms with Crippen molar-refractivity contribution >= 4 is 5.78 Å². The summed E-state index contributed by atoms with van der Waals surface area (Å²) in [4.78, 5) is 11.1. The van der Waals surface area contributed by atoms with E-state index in [0.717, 1.165) is 6.42 Å². The van der Waals surface area contributed by atoms with Gasteiger partial charge in [-0.15, -0.1) is 0 Å². The number of ketones is 1. The largest absolute Gasteiger partial charge is 0.465 e. The second kappa shape index (κ2) is 12.3. The van der Waals surface area contributed by atoms with Gasteiger partial charge in [0, 0.05) is 13.0 Å². The summed E-state index contributed by atoms with van der Waals surface area (Å²) in [6.45, 7) is 4.42. The Bertz CT molecular complexity index is 395. The molecule has 0 spiro atoms. The molecule has 3 nitrogen and oxygen atoms in total. The summed E-state index contributed by atoms with van der Waals surface area (Å²) in [6, 6.07) is 3.38. The van der Waals surface area contributed by atoms with Gasteiger partial charge in [-0.05, 0) is 12.5 Å². The molecule has 0 saturated carbocycles. The van der Waals surface area contributed by atoms with Gasteiger partial charge in [-0.1, -0.05) is 71.1 Å². The summed E-state index contributed by atoms with van der Waals surface area (Å²) >= 11 is 0. The molecule has 0 radical (unpaired) electrons. The fourth-order valence-corrected chi connectivity index (χ4v) is 2.53. The summed E-state index contributed by atoms with van der Waals surface area (Å²) in [5.74, 6) is 0.760. The van der Waals surface area contributed by atoms with Crippen molar-refractivity contribution in [3.8, 4) is 5.95 Å². The number of rotatable bonds is 14. The molecule has 0 aliphatic rings. The fourth-order valence-electron chi connectivity index (χ4n) is 2.53. The van der Waals surface area contributed by atoms with E-state index in [1.54, 1.807) is 12.1 Å². The third-order valence-corrected chi connectivity index (χ3v) is 3.92. The van der Waals surface area contributed by atoms with Crippen molar-refractivity contribution in [1.82, 2.24) is 0 Å². The Balaban J connectivity index is 1.86. The zero-order valence-electron chi connectivity index (χ0n) is 14.4. The molecule has 1 aromatic heterocycles. The van der Waals surface area contributed by atoms with E-state index in [0.29, 0.717) is 18.3 Å². The van der Waals surface area contributed by atoms with Gasteiger partial charge in [-0.25, -0.2) is 0 Å². The summed E-state index contributed by atoms with van der Waals surface area (Å²) in [7, 11) is 0. The molecule has 0 atom stereocenters. The van der Waals surface area contributed by atoms with Gasteiger partial charge in [0.2, 0.25) is 0 Å². The molecule has 0 fully saturated rings. The SMILES string of the molecule is CCCCCCCCCCCCCOc1ccc(C(C)=O)o1. The van der Waals surface area contributed by atoms with Crippen molar-refractivity contribution in [2.45, 2.75) is 84.5 Å². The highest BCUT2D eigenvalue weighted by atomic mass is 16.6. The normalized spacial score (nSPS) is 10.8. The number of carbonyl (C=O) groups excluding carboxylic acids is 1. The van der Waals surface area contributed by atoms with Crippen molar-refractivity contribution in [2.24, 2.45) is 0 Å².